The molecule has 216 valence electrons. The van der Waals surface area contributed by atoms with E-state index < -0.39 is 30.1 Å². The molecule has 2 atom stereocenters. The zero-order valence-electron chi connectivity index (χ0n) is 23.2. The maximum absolute atomic E-state index is 15.0. The monoisotopic (exact) mass is 592 g/mol. The normalized spacial score (nSPS) is 12.5. The summed E-state index contributed by atoms with van der Waals surface area (Å²) in [6.45, 7) is 5.16. The van der Waals surface area contributed by atoms with Crippen molar-refractivity contribution in [3.05, 3.63) is 59.8 Å². The fraction of sp³-hybridized carbons (Fsp3) is 0.250. The van der Waals surface area contributed by atoms with Gasteiger partial charge in [-0.2, -0.15) is 4.98 Å². The zero-order valence-corrected chi connectivity index (χ0v) is 24.0. The highest BCUT2D eigenvalue weighted by atomic mass is 32.1. The first-order valence-electron chi connectivity index (χ1n) is 12.6. The minimum atomic E-state index is -0.785. The number of amides is 1. The Morgan fingerprint density at radius 1 is 0.976 bits per heavy atom. The van der Waals surface area contributed by atoms with Crippen LogP contribution in [-0.4, -0.2) is 63.4 Å². The second kappa shape index (κ2) is 11.9. The molecule has 4 heterocycles. The molecule has 0 saturated heterocycles. The van der Waals surface area contributed by atoms with Crippen LogP contribution in [0.2, 0.25) is 0 Å². The molecule has 0 aliphatic heterocycles. The SMILES string of the molecule is COC(=O)c1ccc(NC(=O)O[C@H](C)[C@H](C)Oc2nc3sc(-c4cc(C)cc5nc(OC)cnc45)nc3cc2F)cn1. The number of aromatic nitrogens is 5. The highest BCUT2D eigenvalue weighted by Gasteiger charge is 2.23. The number of carbonyl (C=O) groups excluding carboxylic acids is 2. The number of nitrogens with zero attached hydrogens (tertiary/aromatic N) is 5. The van der Waals surface area contributed by atoms with Crippen molar-refractivity contribution in [3.8, 4) is 22.3 Å². The van der Waals surface area contributed by atoms with Gasteiger partial charge >= 0.3 is 12.1 Å². The van der Waals surface area contributed by atoms with Crippen LogP contribution in [0.3, 0.4) is 0 Å². The molecule has 12 nitrogen and oxygen atoms in total. The number of hydrogen-bond acceptors (Lipinski definition) is 12. The summed E-state index contributed by atoms with van der Waals surface area (Å²) in [4.78, 5) is 46.1. The molecule has 1 amide bonds. The van der Waals surface area contributed by atoms with Gasteiger partial charge in [0.15, 0.2) is 5.82 Å². The summed E-state index contributed by atoms with van der Waals surface area (Å²) >= 11 is 1.26. The number of ether oxygens (including phenoxy) is 4. The van der Waals surface area contributed by atoms with Gasteiger partial charge in [-0.05, 0) is 50.6 Å². The fourth-order valence-electron chi connectivity index (χ4n) is 3.91. The number of anilines is 1. The Balaban J connectivity index is 1.30. The van der Waals surface area contributed by atoms with Crippen LogP contribution >= 0.6 is 11.3 Å². The second-order valence-electron chi connectivity index (χ2n) is 9.19. The van der Waals surface area contributed by atoms with Crippen molar-refractivity contribution < 1.29 is 32.9 Å². The number of hydrogen-bond donors (Lipinski definition) is 1. The van der Waals surface area contributed by atoms with Crippen molar-refractivity contribution in [3.63, 3.8) is 0 Å². The third-order valence-electron chi connectivity index (χ3n) is 6.17. The van der Waals surface area contributed by atoms with Gasteiger partial charge in [0.25, 0.3) is 5.88 Å². The first kappa shape index (κ1) is 28.5. The summed E-state index contributed by atoms with van der Waals surface area (Å²) in [7, 11) is 2.77. The predicted molar refractivity (Wildman–Crippen MR) is 152 cm³/mol. The van der Waals surface area contributed by atoms with Gasteiger partial charge in [-0.3, -0.25) is 5.32 Å². The minimum Gasteiger partial charge on any atom is -0.480 e. The molecule has 5 rings (SSSR count). The number of thiazole rings is 1. The highest BCUT2D eigenvalue weighted by Crippen LogP contribution is 2.35. The maximum Gasteiger partial charge on any atom is 0.412 e. The molecular formula is C28H25FN6O6S. The summed E-state index contributed by atoms with van der Waals surface area (Å²) < 4.78 is 35.9. The fourth-order valence-corrected chi connectivity index (χ4v) is 4.84. The first-order chi connectivity index (χ1) is 20.1. The van der Waals surface area contributed by atoms with Gasteiger partial charge in [-0.1, -0.05) is 11.3 Å². The van der Waals surface area contributed by atoms with Gasteiger partial charge in [-0.25, -0.2) is 33.9 Å². The molecule has 0 aliphatic rings. The van der Waals surface area contributed by atoms with Gasteiger partial charge in [0.1, 0.15) is 33.3 Å². The first-order valence-corrected chi connectivity index (χ1v) is 13.4. The molecule has 0 spiro atoms. The molecule has 0 bridgehead atoms. The molecule has 0 unspecified atom stereocenters. The second-order valence-corrected chi connectivity index (χ2v) is 10.2. The summed E-state index contributed by atoms with van der Waals surface area (Å²) in [6, 6.07) is 7.96. The third-order valence-corrected chi connectivity index (χ3v) is 7.17. The number of esters is 1. The topological polar surface area (TPSA) is 148 Å². The Morgan fingerprint density at radius 2 is 1.79 bits per heavy atom. The lowest BCUT2D eigenvalue weighted by molar-refractivity contribution is 0.0379. The summed E-state index contributed by atoms with van der Waals surface area (Å²) in [5.41, 5.74) is 3.72. The average Bonchev–Trinajstić information content (AvgIpc) is 3.38. The number of methoxy groups -OCH3 is 2. The maximum atomic E-state index is 15.0. The van der Waals surface area contributed by atoms with E-state index in [0.29, 0.717) is 38.0 Å². The Labute approximate surface area is 242 Å². The smallest absolute Gasteiger partial charge is 0.412 e. The number of aryl methyl sites for hydroxylation is 1. The van der Waals surface area contributed by atoms with Crippen LogP contribution in [0.4, 0.5) is 14.9 Å². The Bertz CT molecular complexity index is 1800. The van der Waals surface area contributed by atoms with Crippen molar-refractivity contribution in [2.75, 3.05) is 19.5 Å². The van der Waals surface area contributed by atoms with Gasteiger partial charge in [0.05, 0.1) is 43.3 Å². The largest absolute Gasteiger partial charge is 0.480 e. The van der Waals surface area contributed by atoms with Crippen LogP contribution < -0.4 is 14.8 Å². The molecule has 14 heteroatoms. The zero-order chi connectivity index (χ0) is 30.0. The summed E-state index contributed by atoms with van der Waals surface area (Å²) in [5.74, 6) is -1.16. The van der Waals surface area contributed by atoms with E-state index in [4.69, 9.17) is 14.2 Å². The number of pyridine rings is 2. The van der Waals surface area contributed by atoms with E-state index in [-0.39, 0.29) is 11.6 Å². The highest BCUT2D eigenvalue weighted by molar-refractivity contribution is 7.21. The lowest BCUT2D eigenvalue weighted by atomic mass is 10.1. The van der Waals surface area contributed by atoms with E-state index in [0.717, 1.165) is 11.1 Å². The Kier molecular flexibility index (Phi) is 8.06. The Hall–Kier alpha value is -4.98. The van der Waals surface area contributed by atoms with E-state index in [1.807, 2.05) is 19.1 Å². The number of carbonyl (C=O) groups is 2. The molecule has 1 aromatic carbocycles. The van der Waals surface area contributed by atoms with Gasteiger partial charge in [-0.15, -0.1) is 0 Å². The predicted octanol–water partition coefficient (Wildman–Crippen LogP) is 5.34. The standard InChI is InChI=1S/C28H25FN6O6S/c1-13-8-17(23-20(9-13)33-22(38-4)12-31-23)25-34-21-10-18(29)24(35-26(21)42-25)40-14(2)15(3)41-28(37)32-16-6-7-19(30-11-16)27(36)39-5/h6-12,14-15H,1-5H3,(H,32,37)/t14-,15+/m0/s1. The average molecular weight is 593 g/mol. The van der Waals surface area contributed by atoms with Crippen molar-refractivity contribution in [2.45, 2.75) is 33.0 Å². The molecular weight excluding hydrogens is 567 g/mol. The number of nitrogens with one attached hydrogen (secondary N) is 1. The lowest BCUT2D eigenvalue weighted by Crippen LogP contribution is -2.33. The summed E-state index contributed by atoms with van der Waals surface area (Å²) in [5, 5.41) is 3.10. The number of benzene rings is 1. The van der Waals surface area contributed by atoms with Gasteiger partial charge in [0, 0.05) is 11.6 Å². The number of halogens is 1. The van der Waals surface area contributed by atoms with E-state index >= 15 is 4.39 Å². The van der Waals surface area contributed by atoms with Crippen LogP contribution in [0.25, 0.3) is 32.0 Å². The molecule has 1 N–H and O–H groups in total. The Morgan fingerprint density at radius 3 is 2.50 bits per heavy atom. The molecule has 4 aromatic heterocycles. The van der Waals surface area contributed by atoms with E-state index in [9.17, 15) is 9.59 Å². The van der Waals surface area contributed by atoms with Crippen molar-refractivity contribution in [1.29, 1.82) is 0 Å². The van der Waals surface area contributed by atoms with Crippen LogP contribution in [-0.2, 0) is 9.47 Å². The number of fused-ring (bicyclic) bond motifs is 2. The van der Waals surface area contributed by atoms with E-state index in [2.05, 4.69) is 35.0 Å². The summed E-state index contributed by atoms with van der Waals surface area (Å²) in [6.07, 6.45) is 0.497. The molecule has 0 saturated carbocycles. The molecule has 0 aliphatic carbocycles. The molecule has 0 fully saturated rings. The molecule has 0 radical (unpaired) electrons. The molecule has 5 aromatic rings. The van der Waals surface area contributed by atoms with Crippen LogP contribution in [0, 0.1) is 12.7 Å². The van der Waals surface area contributed by atoms with Crippen LogP contribution in [0.15, 0.2) is 42.7 Å². The third kappa shape index (κ3) is 6.02. The van der Waals surface area contributed by atoms with Crippen molar-refractivity contribution in [1.82, 2.24) is 24.9 Å². The van der Waals surface area contributed by atoms with E-state index in [1.54, 1.807) is 13.8 Å². The van der Waals surface area contributed by atoms with Crippen molar-refractivity contribution in [2.24, 2.45) is 0 Å². The van der Waals surface area contributed by atoms with Crippen LogP contribution in [0.1, 0.15) is 29.9 Å². The minimum absolute atomic E-state index is 0.0907. The van der Waals surface area contributed by atoms with E-state index in [1.165, 1.54) is 56.1 Å². The van der Waals surface area contributed by atoms with Crippen LogP contribution in [0.5, 0.6) is 11.8 Å². The lowest BCUT2D eigenvalue weighted by Gasteiger charge is -2.21. The molecule has 42 heavy (non-hydrogen) atoms. The number of rotatable bonds is 8. The van der Waals surface area contributed by atoms with Gasteiger partial charge < -0.3 is 18.9 Å². The van der Waals surface area contributed by atoms with Gasteiger partial charge in [0.2, 0.25) is 5.88 Å². The van der Waals surface area contributed by atoms with Crippen molar-refractivity contribution >= 4 is 50.5 Å². The quantitative estimate of drug-likeness (QED) is 0.233.